The lowest BCUT2D eigenvalue weighted by molar-refractivity contribution is -0.141. The molecular weight excluding hydrogens is 306 g/mol. The Morgan fingerprint density at radius 3 is 2.62 bits per heavy atom. The third kappa shape index (κ3) is 5.35. The number of carbonyl (C=O) groups is 2. The molecule has 0 aromatic heterocycles. The van der Waals surface area contributed by atoms with E-state index in [0.29, 0.717) is 19.6 Å². The highest BCUT2D eigenvalue weighted by atomic mass is 16.5. The van der Waals surface area contributed by atoms with E-state index in [-0.39, 0.29) is 18.9 Å². The van der Waals surface area contributed by atoms with Gasteiger partial charge >= 0.3 is 5.97 Å². The monoisotopic (exact) mass is 329 g/mol. The number of fused-ring (bicyclic) bond motifs is 1. The molecule has 5 heteroatoms. The highest BCUT2D eigenvalue weighted by molar-refractivity contribution is 5.83. The Labute approximate surface area is 141 Å². The van der Waals surface area contributed by atoms with Crippen molar-refractivity contribution in [2.45, 2.75) is 19.8 Å². The van der Waals surface area contributed by atoms with Crippen LogP contribution in [-0.2, 0) is 20.7 Å². The topological polar surface area (TPSA) is 75.6 Å². The number of aliphatic carboxylic acids is 1. The van der Waals surface area contributed by atoms with Gasteiger partial charge in [-0.3, -0.25) is 9.59 Å². The van der Waals surface area contributed by atoms with Crippen molar-refractivity contribution in [2.24, 2.45) is 5.92 Å². The number of hydrogen-bond donors (Lipinski definition) is 2. The summed E-state index contributed by atoms with van der Waals surface area (Å²) in [5.41, 5.74) is 0.949. The first kappa shape index (κ1) is 17.9. The third-order valence-electron chi connectivity index (χ3n) is 3.87. The summed E-state index contributed by atoms with van der Waals surface area (Å²) in [5, 5.41) is 14.3. The number of nitrogens with one attached hydrogen (secondary N) is 1. The van der Waals surface area contributed by atoms with Crippen LogP contribution in [0.4, 0.5) is 0 Å². The number of benzene rings is 2. The standard InChI is InChI=1S/C19H23NO4/c1-2-24-10-9-18(21)20-13-17(19(22)23)12-14-7-8-15-5-3-4-6-16(15)11-14/h3-8,11,17H,2,9-10,12-13H2,1H3,(H,20,21)(H,22,23). The average molecular weight is 329 g/mol. The Morgan fingerprint density at radius 1 is 1.17 bits per heavy atom. The average Bonchev–Trinajstić information content (AvgIpc) is 2.58. The summed E-state index contributed by atoms with van der Waals surface area (Å²) in [6.45, 7) is 2.90. The van der Waals surface area contributed by atoms with Gasteiger partial charge in [-0.2, -0.15) is 0 Å². The van der Waals surface area contributed by atoms with Gasteiger partial charge in [0.15, 0.2) is 0 Å². The minimum atomic E-state index is -0.909. The molecule has 0 aliphatic heterocycles. The number of amides is 1. The lowest BCUT2D eigenvalue weighted by atomic mass is 9.97. The van der Waals surface area contributed by atoms with Gasteiger partial charge in [0, 0.05) is 19.6 Å². The molecule has 0 bridgehead atoms. The number of ether oxygens (including phenoxy) is 1. The second-order valence-corrected chi connectivity index (χ2v) is 5.67. The first-order valence-electron chi connectivity index (χ1n) is 8.15. The minimum absolute atomic E-state index is 0.118. The molecule has 0 radical (unpaired) electrons. The smallest absolute Gasteiger partial charge is 0.308 e. The van der Waals surface area contributed by atoms with Gasteiger partial charge in [-0.15, -0.1) is 0 Å². The predicted octanol–water partition coefficient (Wildman–Crippen LogP) is 2.63. The Hall–Kier alpha value is -2.40. The molecule has 2 aromatic rings. The van der Waals surface area contributed by atoms with Crippen molar-refractivity contribution < 1.29 is 19.4 Å². The van der Waals surface area contributed by atoms with Gasteiger partial charge in [-0.25, -0.2) is 0 Å². The normalized spacial score (nSPS) is 12.0. The zero-order valence-electron chi connectivity index (χ0n) is 13.8. The molecule has 2 aromatic carbocycles. The quantitative estimate of drug-likeness (QED) is 0.694. The summed E-state index contributed by atoms with van der Waals surface area (Å²) in [6.07, 6.45) is 0.627. The van der Waals surface area contributed by atoms with Crippen LogP contribution in [0.3, 0.4) is 0 Å². The van der Waals surface area contributed by atoms with E-state index in [1.165, 1.54) is 0 Å². The SMILES string of the molecule is CCOCCC(=O)NCC(Cc1ccc2ccccc2c1)C(=O)O. The van der Waals surface area contributed by atoms with Gasteiger partial charge in [0.1, 0.15) is 0 Å². The van der Waals surface area contributed by atoms with Gasteiger partial charge in [0.25, 0.3) is 0 Å². The molecule has 128 valence electrons. The Bertz CT molecular complexity index is 699. The van der Waals surface area contributed by atoms with Gasteiger partial charge < -0.3 is 15.2 Å². The first-order valence-corrected chi connectivity index (χ1v) is 8.15. The molecule has 2 rings (SSSR count). The maximum Gasteiger partial charge on any atom is 0.308 e. The Morgan fingerprint density at radius 2 is 1.92 bits per heavy atom. The minimum Gasteiger partial charge on any atom is -0.481 e. The van der Waals surface area contributed by atoms with Crippen LogP contribution >= 0.6 is 0 Å². The summed E-state index contributed by atoms with van der Waals surface area (Å²) in [7, 11) is 0. The molecule has 0 aliphatic rings. The zero-order valence-corrected chi connectivity index (χ0v) is 13.8. The van der Waals surface area contributed by atoms with E-state index >= 15 is 0 Å². The van der Waals surface area contributed by atoms with E-state index < -0.39 is 11.9 Å². The largest absolute Gasteiger partial charge is 0.481 e. The van der Waals surface area contributed by atoms with Crippen molar-refractivity contribution in [2.75, 3.05) is 19.8 Å². The second kappa shape index (κ2) is 9.03. The molecule has 0 spiro atoms. The van der Waals surface area contributed by atoms with Crippen molar-refractivity contribution in [3.8, 4) is 0 Å². The molecule has 24 heavy (non-hydrogen) atoms. The molecule has 1 atom stereocenters. The molecule has 0 heterocycles. The first-order chi connectivity index (χ1) is 11.6. The van der Waals surface area contributed by atoms with Crippen LogP contribution in [0.1, 0.15) is 18.9 Å². The van der Waals surface area contributed by atoms with E-state index in [1.54, 1.807) is 0 Å². The summed E-state index contributed by atoms with van der Waals surface area (Å²) >= 11 is 0. The molecular formula is C19H23NO4. The lowest BCUT2D eigenvalue weighted by Crippen LogP contribution is -2.34. The van der Waals surface area contributed by atoms with Crippen molar-refractivity contribution in [3.05, 3.63) is 48.0 Å². The number of carboxylic acids is 1. The summed E-state index contributed by atoms with van der Waals surface area (Å²) in [5.74, 6) is -1.75. The number of carboxylic acid groups (broad SMARTS) is 1. The zero-order chi connectivity index (χ0) is 17.4. The van der Waals surface area contributed by atoms with Crippen molar-refractivity contribution in [3.63, 3.8) is 0 Å². The molecule has 0 saturated carbocycles. The number of carbonyl (C=O) groups excluding carboxylic acids is 1. The second-order valence-electron chi connectivity index (χ2n) is 5.67. The van der Waals surface area contributed by atoms with Crippen LogP contribution < -0.4 is 5.32 Å². The van der Waals surface area contributed by atoms with Gasteiger partial charge in [-0.05, 0) is 29.7 Å². The van der Waals surface area contributed by atoms with Crippen molar-refractivity contribution in [1.82, 2.24) is 5.32 Å². The summed E-state index contributed by atoms with van der Waals surface area (Å²) in [6, 6.07) is 13.9. The maximum absolute atomic E-state index is 11.7. The van der Waals surface area contributed by atoms with Gasteiger partial charge in [0.05, 0.1) is 12.5 Å². The molecule has 2 N–H and O–H groups in total. The lowest BCUT2D eigenvalue weighted by Gasteiger charge is -2.14. The molecule has 0 fully saturated rings. The fourth-order valence-electron chi connectivity index (χ4n) is 2.53. The Kier molecular flexibility index (Phi) is 6.75. The van der Waals surface area contributed by atoms with Gasteiger partial charge in [-0.1, -0.05) is 42.5 Å². The van der Waals surface area contributed by atoms with E-state index in [0.717, 1.165) is 16.3 Å². The predicted molar refractivity (Wildman–Crippen MR) is 92.9 cm³/mol. The molecule has 5 nitrogen and oxygen atoms in total. The number of hydrogen-bond acceptors (Lipinski definition) is 3. The summed E-state index contributed by atoms with van der Waals surface area (Å²) < 4.78 is 5.12. The van der Waals surface area contributed by atoms with Gasteiger partial charge in [0.2, 0.25) is 5.91 Å². The van der Waals surface area contributed by atoms with E-state index in [9.17, 15) is 14.7 Å². The van der Waals surface area contributed by atoms with Crippen LogP contribution in [0.5, 0.6) is 0 Å². The molecule has 1 unspecified atom stereocenters. The Balaban J connectivity index is 1.94. The molecule has 1 amide bonds. The van der Waals surface area contributed by atoms with Crippen molar-refractivity contribution in [1.29, 1.82) is 0 Å². The highest BCUT2D eigenvalue weighted by Crippen LogP contribution is 2.18. The van der Waals surface area contributed by atoms with Crippen LogP contribution in [0.25, 0.3) is 10.8 Å². The fourth-order valence-corrected chi connectivity index (χ4v) is 2.53. The van der Waals surface area contributed by atoms with Crippen LogP contribution in [0.15, 0.2) is 42.5 Å². The maximum atomic E-state index is 11.7. The molecule has 0 saturated heterocycles. The van der Waals surface area contributed by atoms with Crippen LogP contribution in [0.2, 0.25) is 0 Å². The fraction of sp³-hybridized carbons (Fsp3) is 0.368. The highest BCUT2D eigenvalue weighted by Gasteiger charge is 2.19. The van der Waals surface area contributed by atoms with Crippen LogP contribution in [0, 0.1) is 5.92 Å². The van der Waals surface area contributed by atoms with E-state index in [1.807, 2.05) is 49.4 Å². The van der Waals surface area contributed by atoms with Crippen LogP contribution in [-0.4, -0.2) is 36.7 Å². The van der Waals surface area contributed by atoms with Crippen molar-refractivity contribution >= 4 is 22.6 Å². The molecule has 0 aliphatic carbocycles. The summed E-state index contributed by atoms with van der Waals surface area (Å²) in [4.78, 5) is 23.2. The van der Waals surface area contributed by atoms with E-state index in [2.05, 4.69) is 5.32 Å². The number of rotatable bonds is 9. The third-order valence-corrected chi connectivity index (χ3v) is 3.87. The van der Waals surface area contributed by atoms with E-state index in [4.69, 9.17) is 4.74 Å².